The van der Waals surface area contributed by atoms with Crippen LogP contribution in [-0.2, 0) is 9.59 Å². The van der Waals surface area contributed by atoms with E-state index in [9.17, 15) is 9.59 Å². The standard InChI is InChI=1S/C14H28N2O2/c1-5-7-8-9-11-12(3)16(15-13(4)17)14(18)10-6-2/h12H,5-11H2,1-4H3,(H,15,17). The zero-order chi connectivity index (χ0) is 14.0. The second kappa shape index (κ2) is 9.92. The Morgan fingerprint density at radius 2 is 1.78 bits per heavy atom. The normalized spacial score (nSPS) is 12.0. The van der Waals surface area contributed by atoms with Gasteiger partial charge < -0.3 is 0 Å². The number of hydrazine groups is 1. The summed E-state index contributed by atoms with van der Waals surface area (Å²) in [7, 11) is 0. The highest BCUT2D eigenvalue weighted by Crippen LogP contribution is 2.11. The Morgan fingerprint density at radius 1 is 1.11 bits per heavy atom. The van der Waals surface area contributed by atoms with E-state index in [1.54, 1.807) is 0 Å². The minimum Gasteiger partial charge on any atom is -0.274 e. The molecule has 0 aliphatic heterocycles. The Labute approximate surface area is 111 Å². The van der Waals surface area contributed by atoms with E-state index in [2.05, 4.69) is 12.3 Å². The Morgan fingerprint density at radius 3 is 2.28 bits per heavy atom. The van der Waals surface area contributed by atoms with E-state index < -0.39 is 0 Å². The predicted molar refractivity (Wildman–Crippen MR) is 73.8 cm³/mol. The zero-order valence-electron chi connectivity index (χ0n) is 12.3. The molecule has 0 saturated heterocycles. The van der Waals surface area contributed by atoms with Crippen LogP contribution in [0.2, 0.25) is 0 Å². The molecule has 0 saturated carbocycles. The van der Waals surface area contributed by atoms with Gasteiger partial charge in [-0.3, -0.25) is 20.0 Å². The summed E-state index contributed by atoms with van der Waals surface area (Å²) >= 11 is 0. The number of nitrogens with zero attached hydrogens (tertiary/aromatic N) is 1. The van der Waals surface area contributed by atoms with Crippen molar-refractivity contribution in [2.75, 3.05) is 0 Å². The molecule has 0 spiro atoms. The first-order chi connectivity index (χ1) is 8.52. The SMILES string of the molecule is CCCCCCC(C)N(NC(C)=O)C(=O)CCC. The number of nitrogens with one attached hydrogen (secondary N) is 1. The van der Waals surface area contributed by atoms with Crippen LogP contribution in [0.25, 0.3) is 0 Å². The van der Waals surface area contributed by atoms with Crippen molar-refractivity contribution >= 4 is 11.8 Å². The van der Waals surface area contributed by atoms with Crippen LogP contribution in [0, 0.1) is 0 Å². The van der Waals surface area contributed by atoms with E-state index in [0.29, 0.717) is 6.42 Å². The third kappa shape index (κ3) is 7.30. The van der Waals surface area contributed by atoms with E-state index in [4.69, 9.17) is 0 Å². The van der Waals surface area contributed by atoms with Crippen LogP contribution in [0.5, 0.6) is 0 Å². The van der Waals surface area contributed by atoms with Gasteiger partial charge in [0.2, 0.25) is 11.8 Å². The molecule has 1 unspecified atom stereocenters. The van der Waals surface area contributed by atoms with Gasteiger partial charge in [-0.2, -0.15) is 0 Å². The Hall–Kier alpha value is -1.06. The van der Waals surface area contributed by atoms with E-state index in [1.807, 2.05) is 13.8 Å². The van der Waals surface area contributed by atoms with Crippen LogP contribution in [0.4, 0.5) is 0 Å². The molecule has 0 aromatic rings. The summed E-state index contributed by atoms with van der Waals surface area (Å²) in [6.45, 7) is 7.58. The fraction of sp³-hybridized carbons (Fsp3) is 0.857. The molecule has 2 amide bonds. The van der Waals surface area contributed by atoms with Crippen molar-refractivity contribution in [3.05, 3.63) is 0 Å². The monoisotopic (exact) mass is 256 g/mol. The summed E-state index contributed by atoms with van der Waals surface area (Å²) in [5, 5.41) is 1.51. The molecule has 0 aromatic carbocycles. The summed E-state index contributed by atoms with van der Waals surface area (Å²) in [5.41, 5.74) is 2.65. The lowest BCUT2D eigenvalue weighted by Crippen LogP contribution is -2.50. The van der Waals surface area contributed by atoms with E-state index in [0.717, 1.165) is 19.3 Å². The highest BCUT2D eigenvalue weighted by molar-refractivity contribution is 5.81. The highest BCUT2D eigenvalue weighted by Gasteiger charge is 2.19. The number of hydrogen-bond acceptors (Lipinski definition) is 2. The number of amides is 2. The van der Waals surface area contributed by atoms with Gasteiger partial charge in [-0.05, 0) is 19.8 Å². The van der Waals surface area contributed by atoms with E-state index >= 15 is 0 Å². The average Bonchev–Trinajstić information content (AvgIpc) is 2.31. The molecule has 0 radical (unpaired) electrons. The largest absolute Gasteiger partial charge is 0.274 e. The first-order valence-electron chi connectivity index (χ1n) is 7.12. The van der Waals surface area contributed by atoms with Crippen molar-refractivity contribution in [3.63, 3.8) is 0 Å². The van der Waals surface area contributed by atoms with Crippen LogP contribution in [0.3, 0.4) is 0 Å². The van der Waals surface area contributed by atoms with Gasteiger partial charge in [0.05, 0.1) is 6.04 Å². The molecule has 0 rings (SSSR count). The van der Waals surface area contributed by atoms with Gasteiger partial charge >= 0.3 is 0 Å². The van der Waals surface area contributed by atoms with Crippen LogP contribution in [-0.4, -0.2) is 22.9 Å². The van der Waals surface area contributed by atoms with Crippen molar-refractivity contribution in [3.8, 4) is 0 Å². The third-order valence-electron chi connectivity index (χ3n) is 2.93. The molecule has 0 fully saturated rings. The summed E-state index contributed by atoms with van der Waals surface area (Å²) in [6.07, 6.45) is 6.96. The molecule has 0 aliphatic rings. The molecule has 4 heteroatoms. The topological polar surface area (TPSA) is 49.4 Å². The van der Waals surface area contributed by atoms with Crippen LogP contribution in [0.15, 0.2) is 0 Å². The lowest BCUT2D eigenvalue weighted by atomic mass is 10.1. The minimum atomic E-state index is -0.181. The molecule has 18 heavy (non-hydrogen) atoms. The summed E-state index contributed by atoms with van der Waals surface area (Å²) in [4.78, 5) is 23.1. The molecule has 0 bridgehead atoms. The van der Waals surface area contributed by atoms with Gasteiger partial charge in [0.15, 0.2) is 0 Å². The molecule has 0 aromatic heterocycles. The van der Waals surface area contributed by atoms with Crippen molar-refractivity contribution < 1.29 is 9.59 Å². The third-order valence-corrected chi connectivity index (χ3v) is 2.93. The molecule has 4 nitrogen and oxygen atoms in total. The van der Waals surface area contributed by atoms with E-state index in [-0.39, 0.29) is 17.9 Å². The van der Waals surface area contributed by atoms with Crippen LogP contribution in [0.1, 0.15) is 72.6 Å². The van der Waals surface area contributed by atoms with Gasteiger partial charge in [0.1, 0.15) is 0 Å². The van der Waals surface area contributed by atoms with Gasteiger partial charge in [-0.15, -0.1) is 0 Å². The highest BCUT2D eigenvalue weighted by atomic mass is 16.2. The maximum Gasteiger partial charge on any atom is 0.241 e. The van der Waals surface area contributed by atoms with Crippen molar-refractivity contribution in [2.45, 2.75) is 78.7 Å². The number of carbonyl (C=O) groups excluding carboxylic acids is 2. The van der Waals surface area contributed by atoms with Gasteiger partial charge in [0.25, 0.3) is 0 Å². The molecule has 1 atom stereocenters. The van der Waals surface area contributed by atoms with Crippen molar-refractivity contribution in [2.24, 2.45) is 0 Å². The van der Waals surface area contributed by atoms with Crippen molar-refractivity contribution in [1.82, 2.24) is 10.4 Å². The Bertz CT molecular complexity index is 254. The smallest absolute Gasteiger partial charge is 0.241 e. The van der Waals surface area contributed by atoms with E-state index in [1.165, 1.54) is 31.2 Å². The number of carbonyl (C=O) groups is 2. The van der Waals surface area contributed by atoms with Gasteiger partial charge in [-0.25, -0.2) is 0 Å². The lowest BCUT2D eigenvalue weighted by molar-refractivity contribution is -0.143. The first kappa shape index (κ1) is 16.9. The fourth-order valence-corrected chi connectivity index (χ4v) is 1.92. The molecule has 1 N–H and O–H groups in total. The minimum absolute atomic E-state index is 0.00990. The molecule has 0 aliphatic carbocycles. The summed E-state index contributed by atoms with van der Waals surface area (Å²) in [5.74, 6) is -0.171. The first-order valence-corrected chi connectivity index (χ1v) is 7.12. The summed E-state index contributed by atoms with van der Waals surface area (Å²) < 4.78 is 0. The quantitative estimate of drug-likeness (QED) is 0.536. The maximum absolute atomic E-state index is 11.9. The maximum atomic E-state index is 11.9. The lowest BCUT2D eigenvalue weighted by Gasteiger charge is -2.29. The second-order valence-corrected chi connectivity index (χ2v) is 4.88. The number of unbranched alkanes of at least 4 members (excludes halogenated alkanes) is 3. The van der Waals surface area contributed by atoms with Crippen molar-refractivity contribution in [1.29, 1.82) is 0 Å². The number of hydrogen-bond donors (Lipinski definition) is 1. The van der Waals surface area contributed by atoms with Crippen LogP contribution < -0.4 is 5.43 Å². The zero-order valence-corrected chi connectivity index (χ0v) is 12.3. The summed E-state index contributed by atoms with van der Waals surface area (Å²) in [6, 6.07) is 0.0739. The average molecular weight is 256 g/mol. The van der Waals surface area contributed by atoms with Gasteiger partial charge in [-0.1, -0.05) is 39.5 Å². The molecular weight excluding hydrogens is 228 g/mol. The predicted octanol–water partition coefficient (Wildman–Crippen LogP) is 3.03. The molecular formula is C14H28N2O2. The molecule has 106 valence electrons. The fourth-order valence-electron chi connectivity index (χ4n) is 1.92. The number of rotatable bonds is 8. The second-order valence-electron chi connectivity index (χ2n) is 4.88. The Balaban J connectivity index is 4.26. The van der Waals surface area contributed by atoms with Gasteiger partial charge in [0, 0.05) is 13.3 Å². The Kier molecular flexibility index (Phi) is 9.33. The molecule has 0 heterocycles. The van der Waals surface area contributed by atoms with Crippen LogP contribution >= 0.6 is 0 Å².